The zero-order chi connectivity index (χ0) is 13.8. The Hall–Kier alpha value is -2.93. The van der Waals surface area contributed by atoms with Crippen molar-refractivity contribution in [1.82, 2.24) is 0 Å². The fraction of sp³-hybridized carbons (Fsp3) is 0. The van der Waals surface area contributed by atoms with E-state index in [1.807, 2.05) is 0 Å². The number of hydrogen-bond acceptors (Lipinski definition) is 3. The monoisotopic (exact) mass is 252 g/mol. The topological polar surface area (TPSA) is 75.4 Å². The van der Waals surface area contributed by atoms with Gasteiger partial charge in [0.05, 0.1) is 5.56 Å². The van der Waals surface area contributed by atoms with Gasteiger partial charge in [-0.3, -0.25) is 4.79 Å². The molecule has 0 bridgehead atoms. The molecule has 0 fully saturated rings. The van der Waals surface area contributed by atoms with Crippen LogP contribution in [0.25, 0.3) is 0 Å². The third-order valence-corrected chi connectivity index (χ3v) is 2.55. The predicted molar refractivity (Wildman–Crippen MR) is 74.8 cm³/mol. The number of phenolic OH excluding ortho intramolecular Hbond substituents is 1. The molecule has 0 unspecified atom stereocenters. The molecule has 0 heterocycles. The largest absolute Gasteiger partial charge is 0.507 e. The summed E-state index contributed by atoms with van der Waals surface area (Å²) in [6, 6.07) is 11.2. The minimum Gasteiger partial charge on any atom is -0.507 e. The van der Waals surface area contributed by atoms with Crippen LogP contribution in [-0.4, -0.2) is 11.0 Å². The van der Waals surface area contributed by atoms with E-state index < -0.39 is 5.91 Å². The van der Waals surface area contributed by atoms with Crippen molar-refractivity contribution in [2.24, 2.45) is 0 Å². The van der Waals surface area contributed by atoms with Gasteiger partial charge < -0.3 is 16.2 Å². The molecular weight excluding hydrogens is 240 g/mol. The van der Waals surface area contributed by atoms with Gasteiger partial charge in [-0.05, 0) is 36.4 Å². The quantitative estimate of drug-likeness (QED) is 0.436. The van der Waals surface area contributed by atoms with Crippen LogP contribution in [0.15, 0.2) is 42.5 Å². The number of carbonyl (C=O) groups excluding carboxylic acids is 1. The molecular formula is C15H12N2O2. The number of rotatable bonds is 2. The Morgan fingerprint density at radius 2 is 2.05 bits per heavy atom. The van der Waals surface area contributed by atoms with Gasteiger partial charge in [-0.15, -0.1) is 6.42 Å². The highest BCUT2D eigenvalue weighted by Gasteiger charge is 2.11. The minimum absolute atomic E-state index is 0.117. The Kier molecular flexibility index (Phi) is 3.39. The second-order valence-electron chi connectivity index (χ2n) is 3.96. The van der Waals surface area contributed by atoms with E-state index in [2.05, 4.69) is 11.2 Å². The first kappa shape index (κ1) is 12.5. The highest BCUT2D eigenvalue weighted by Crippen LogP contribution is 2.21. The zero-order valence-electron chi connectivity index (χ0n) is 10.1. The van der Waals surface area contributed by atoms with E-state index in [0.29, 0.717) is 16.9 Å². The van der Waals surface area contributed by atoms with Crippen LogP contribution in [-0.2, 0) is 0 Å². The van der Waals surface area contributed by atoms with Crippen LogP contribution >= 0.6 is 0 Å². The maximum Gasteiger partial charge on any atom is 0.259 e. The third kappa shape index (κ3) is 2.85. The van der Waals surface area contributed by atoms with Crippen LogP contribution < -0.4 is 11.1 Å². The third-order valence-electron chi connectivity index (χ3n) is 2.55. The lowest BCUT2D eigenvalue weighted by atomic mass is 10.1. The number of phenols is 1. The van der Waals surface area contributed by atoms with Gasteiger partial charge in [0, 0.05) is 16.9 Å². The first-order valence-corrected chi connectivity index (χ1v) is 5.56. The molecule has 2 rings (SSSR count). The van der Waals surface area contributed by atoms with Crippen molar-refractivity contribution in [3.8, 4) is 18.1 Å². The molecule has 4 heteroatoms. The molecule has 0 radical (unpaired) electrons. The molecule has 0 saturated heterocycles. The molecule has 0 atom stereocenters. The number of anilines is 2. The van der Waals surface area contributed by atoms with E-state index in [4.69, 9.17) is 12.2 Å². The zero-order valence-corrected chi connectivity index (χ0v) is 10.1. The molecule has 4 N–H and O–H groups in total. The highest BCUT2D eigenvalue weighted by molar-refractivity contribution is 6.06. The van der Waals surface area contributed by atoms with Crippen molar-refractivity contribution in [1.29, 1.82) is 0 Å². The van der Waals surface area contributed by atoms with E-state index in [-0.39, 0.29) is 11.3 Å². The van der Waals surface area contributed by atoms with Gasteiger partial charge in [0.25, 0.3) is 5.91 Å². The fourth-order valence-corrected chi connectivity index (χ4v) is 1.62. The molecule has 0 spiro atoms. The van der Waals surface area contributed by atoms with Crippen molar-refractivity contribution in [2.45, 2.75) is 0 Å². The fourth-order valence-electron chi connectivity index (χ4n) is 1.62. The molecule has 2 aromatic rings. The predicted octanol–water partition coefficient (Wildman–Crippen LogP) is 2.21. The molecule has 0 aliphatic rings. The Balaban J connectivity index is 2.26. The van der Waals surface area contributed by atoms with Crippen molar-refractivity contribution in [3.63, 3.8) is 0 Å². The minimum atomic E-state index is -0.445. The summed E-state index contributed by atoms with van der Waals surface area (Å²) in [6.45, 7) is 0. The molecule has 19 heavy (non-hydrogen) atoms. The molecule has 94 valence electrons. The summed E-state index contributed by atoms with van der Waals surface area (Å²) in [5, 5.41) is 12.3. The Labute approximate surface area is 110 Å². The van der Waals surface area contributed by atoms with Gasteiger partial charge >= 0.3 is 0 Å². The molecule has 0 aromatic heterocycles. The summed E-state index contributed by atoms with van der Waals surface area (Å²) in [4.78, 5) is 12.0. The van der Waals surface area contributed by atoms with Gasteiger partial charge in [-0.25, -0.2) is 0 Å². The number of nitrogen functional groups attached to an aromatic ring is 1. The number of nitrogens with two attached hydrogens (primary N) is 1. The lowest BCUT2D eigenvalue weighted by molar-refractivity contribution is 0.102. The number of benzene rings is 2. The van der Waals surface area contributed by atoms with Crippen molar-refractivity contribution >= 4 is 17.3 Å². The number of nitrogens with one attached hydrogen (secondary N) is 1. The van der Waals surface area contributed by atoms with Gasteiger partial charge in [-0.2, -0.15) is 0 Å². The Morgan fingerprint density at radius 1 is 1.26 bits per heavy atom. The van der Waals surface area contributed by atoms with E-state index in [0.717, 1.165) is 0 Å². The van der Waals surface area contributed by atoms with Gasteiger partial charge in [0.15, 0.2) is 0 Å². The van der Waals surface area contributed by atoms with E-state index in [9.17, 15) is 9.90 Å². The van der Waals surface area contributed by atoms with Crippen molar-refractivity contribution < 1.29 is 9.90 Å². The summed E-state index contributed by atoms with van der Waals surface area (Å²) in [5.74, 6) is 1.91. The lowest BCUT2D eigenvalue weighted by Gasteiger charge is -2.08. The average molecular weight is 252 g/mol. The van der Waals surface area contributed by atoms with Crippen molar-refractivity contribution in [2.75, 3.05) is 11.1 Å². The molecule has 2 aromatic carbocycles. The maximum atomic E-state index is 12.0. The van der Waals surface area contributed by atoms with Crippen LogP contribution in [0.2, 0.25) is 0 Å². The van der Waals surface area contributed by atoms with Crippen molar-refractivity contribution in [3.05, 3.63) is 53.6 Å². The van der Waals surface area contributed by atoms with Crippen LogP contribution in [0.4, 0.5) is 11.4 Å². The van der Waals surface area contributed by atoms with Gasteiger partial charge in [0.2, 0.25) is 0 Å². The second kappa shape index (κ2) is 5.15. The van der Waals surface area contributed by atoms with Gasteiger partial charge in [-0.1, -0.05) is 12.0 Å². The number of aromatic hydroxyl groups is 1. The number of carbonyl (C=O) groups is 1. The summed E-state index contributed by atoms with van der Waals surface area (Å²) in [7, 11) is 0. The van der Waals surface area contributed by atoms with E-state index in [1.165, 1.54) is 18.2 Å². The maximum absolute atomic E-state index is 12.0. The molecule has 4 nitrogen and oxygen atoms in total. The Morgan fingerprint density at radius 3 is 2.79 bits per heavy atom. The number of hydrogen-bond donors (Lipinski definition) is 3. The molecule has 0 saturated carbocycles. The number of terminal acetylenes is 1. The number of amides is 1. The highest BCUT2D eigenvalue weighted by atomic mass is 16.3. The van der Waals surface area contributed by atoms with Crippen LogP contribution in [0, 0.1) is 12.3 Å². The average Bonchev–Trinajstić information content (AvgIpc) is 2.41. The van der Waals surface area contributed by atoms with Crippen LogP contribution in [0.3, 0.4) is 0 Å². The van der Waals surface area contributed by atoms with Crippen LogP contribution in [0.5, 0.6) is 5.75 Å². The normalized spacial score (nSPS) is 9.63. The lowest BCUT2D eigenvalue weighted by Crippen LogP contribution is -2.12. The molecule has 0 aliphatic heterocycles. The Bertz CT molecular complexity index is 672. The van der Waals surface area contributed by atoms with E-state index >= 15 is 0 Å². The summed E-state index contributed by atoms with van der Waals surface area (Å²) >= 11 is 0. The second-order valence-corrected chi connectivity index (χ2v) is 3.96. The van der Waals surface area contributed by atoms with Crippen LogP contribution in [0.1, 0.15) is 15.9 Å². The SMILES string of the molecule is C#Cc1cccc(NC(=O)c2cc(N)ccc2O)c1. The molecule has 1 amide bonds. The first-order valence-electron chi connectivity index (χ1n) is 5.56. The van der Waals surface area contributed by atoms with Gasteiger partial charge in [0.1, 0.15) is 5.75 Å². The standard InChI is InChI=1S/C15H12N2O2/c1-2-10-4-3-5-12(8-10)17-15(19)13-9-11(16)6-7-14(13)18/h1,3-9,18H,16H2,(H,17,19). The molecule has 0 aliphatic carbocycles. The summed E-state index contributed by atoms with van der Waals surface area (Å²) in [5.41, 5.74) is 7.33. The smallest absolute Gasteiger partial charge is 0.259 e. The summed E-state index contributed by atoms with van der Waals surface area (Å²) < 4.78 is 0. The first-order chi connectivity index (χ1) is 9.10. The van der Waals surface area contributed by atoms with E-state index in [1.54, 1.807) is 24.3 Å². The summed E-state index contributed by atoms with van der Waals surface area (Å²) in [6.07, 6.45) is 5.29.